The smallest absolute Gasteiger partial charge is 0.0861 e. The van der Waals surface area contributed by atoms with Crippen LogP contribution in [-0.2, 0) is 5.11 Å². The molecule has 0 amide bonds. The Morgan fingerprint density at radius 2 is 2.33 bits per heavy atom. The highest BCUT2D eigenvalue weighted by molar-refractivity contribution is 9.09. The molecule has 0 aromatic heterocycles. The van der Waals surface area contributed by atoms with Crippen molar-refractivity contribution in [3.63, 3.8) is 0 Å². The summed E-state index contributed by atoms with van der Waals surface area (Å²) >= 11 is 3.31. The van der Waals surface area contributed by atoms with E-state index in [0.717, 1.165) is 6.42 Å². The summed E-state index contributed by atoms with van der Waals surface area (Å²) in [5.41, 5.74) is 0. The lowest BCUT2D eigenvalue weighted by atomic mass is 10.5. The van der Waals surface area contributed by atoms with E-state index < -0.39 is 0 Å². The van der Waals surface area contributed by atoms with Crippen molar-refractivity contribution in [2.24, 2.45) is 5.92 Å². The summed E-state index contributed by atoms with van der Waals surface area (Å²) in [5.74, 6) is 0.463. The quantitative estimate of drug-likeness (QED) is 0.500. The van der Waals surface area contributed by atoms with Gasteiger partial charge in [-0.25, -0.2) is 5.11 Å². The fourth-order valence-corrected chi connectivity index (χ4v) is 1.02. The monoisotopic (exact) mass is 149 g/mol. The molecule has 2 unspecified atom stereocenters. The lowest BCUT2D eigenvalue weighted by Crippen LogP contribution is -1.82. The van der Waals surface area contributed by atoms with Gasteiger partial charge in [0.2, 0.25) is 0 Å². The summed E-state index contributed by atoms with van der Waals surface area (Å²) in [4.78, 5) is 0.565. The van der Waals surface area contributed by atoms with Gasteiger partial charge in [-0.1, -0.05) is 15.9 Å². The maximum Gasteiger partial charge on any atom is 0.0861 e. The van der Waals surface area contributed by atoms with E-state index in [-0.39, 0.29) is 6.61 Å². The first-order valence-corrected chi connectivity index (χ1v) is 2.98. The van der Waals surface area contributed by atoms with Gasteiger partial charge in [0.05, 0.1) is 6.61 Å². The molecule has 2 heteroatoms. The lowest BCUT2D eigenvalue weighted by Gasteiger charge is -1.74. The van der Waals surface area contributed by atoms with Gasteiger partial charge >= 0.3 is 0 Å². The third-order valence-corrected chi connectivity index (χ3v) is 2.17. The van der Waals surface area contributed by atoms with Gasteiger partial charge in [-0.05, 0) is 12.3 Å². The van der Waals surface area contributed by atoms with Crippen molar-refractivity contribution in [1.82, 2.24) is 0 Å². The predicted molar refractivity (Wildman–Crippen MR) is 26.4 cm³/mol. The van der Waals surface area contributed by atoms with E-state index >= 15 is 0 Å². The minimum Gasteiger partial charge on any atom is -0.236 e. The number of hydrogen-bond acceptors (Lipinski definition) is 0. The van der Waals surface area contributed by atoms with E-state index in [1.807, 2.05) is 0 Å². The molecule has 1 aliphatic rings. The zero-order chi connectivity index (χ0) is 4.57. The van der Waals surface area contributed by atoms with Crippen molar-refractivity contribution in [3.05, 3.63) is 0 Å². The van der Waals surface area contributed by atoms with Crippen molar-refractivity contribution in [1.29, 1.82) is 0 Å². The van der Waals surface area contributed by atoms with Gasteiger partial charge in [-0.2, -0.15) is 0 Å². The second-order valence-corrected chi connectivity index (χ2v) is 2.85. The molecule has 2 atom stereocenters. The molecular formula is C4H6BrO. The second kappa shape index (κ2) is 1.51. The Labute approximate surface area is 45.5 Å². The summed E-state index contributed by atoms with van der Waals surface area (Å²) in [6.45, 7) is 0.107. The third-order valence-electron chi connectivity index (χ3n) is 1.05. The highest BCUT2D eigenvalue weighted by atomic mass is 79.9. The molecule has 0 N–H and O–H groups in total. The molecule has 1 saturated carbocycles. The van der Waals surface area contributed by atoms with Gasteiger partial charge in [0.25, 0.3) is 0 Å². The Balaban J connectivity index is 2.09. The number of rotatable bonds is 1. The van der Waals surface area contributed by atoms with Crippen LogP contribution in [-0.4, -0.2) is 11.4 Å². The van der Waals surface area contributed by atoms with Gasteiger partial charge in [0.1, 0.15) is 0 Å². The number of hydrogen-bond donors (Lipinski definition) is 0. The largest absolute Gasteiger partial charge is 0.236 e. The minimum absolute atomic E-state index is 0.107. The molecule has 6 heavy (non-hydrogen) atoms. The van der Waals surface area contributed by atoms with E-state index in [9.17, 15) is 5.11 Å². The van der Waals surface area contributed by atoms with Crippen LogP contribution in [0.5, 0.6) is 0 Å². The molecule has 0 aromatic rings. The Bertz CT molecular complexity index is 53.5. The fourth-order valence-electron chi connectivity index (χ4n) is 0.383. The highest BCUT2D eigenvalue weighted by Gasteiger charge is 2.33. The Hall–Kier alpha value is 0.440. The highest BCUT2D eigenvalue weighted by Crippen LogP contribution is 2.36. The van der Waals surface area contributed by atoms with Crippen molar-refractivity contribution in [3.8, 4) is 0 Å². The average Bonchev–Trinajstić information content (AvgIpc) is 2.19. The van der Waals surface area contributed by atoms with Crippen molar-refractivity contribution in [2.45, 2.75) is 11.2 Å². The molecule has 0 aliphatic heterocycles. The molecule has 1 nitrogen and oxygen atoms in total. The molecular weight excluding hydrogens is 144 g/mol. The summed E-state index contributed by atoms with van der Waals surface area (Å²) in [6, 6.07) is 0. The van der Waals surface area contributed by atoms with E-state index in [1.54, 1.807) is 0 Å². The van der Waals surface area contributed by atoms with E-state index in [4.69, 9.17) is 0 Å². The maximum absolute atomic E-state index is 9.87. The summed E-state index contributed by atoms with van der Waals surface area (Å²) in [7, 11) is 0. The first-order valence-electron chi connectivity index (χ1n) is 2.06. The number of halogens is 1. The van der Waals surface area contributed by atoms with Gasteiger partial charge in [0.15, 0.2) is 0 Å². The SMILES string of the molecule is [O]CC1CC1Br. The molecule has 1 rings (SSSR count). The lowest BCUT2D eigenvalue weighted by molar-refractivity contribution is 0.180. The molecule has 1 aliphatic carbocycles. The predicted octanol–water partition coefficient (Wildman–Crippen LogP) is 1.20. The Morgan fingerprint density at radius 1 is 1.83 bits per heavy atom. The molecule has 0 saturated heterocycles. The normalized spacial score (nSPS) is 43.0. The molecule has 0 bridgehead atoms. The molecule has 0 aromatic carbocycles. The van der Waals surface area contributed by atoms with E-state index in [0.29, 0.717) is 10.7 Å². The topological polar surface area (TPSA) is 19.9 Å². The average molecular weight is 150 g/mol. The molecule has 1 fully saturated rings. The van der Waals surface area contributed by atoms with Crippen molar-refractivity contribution >= 4 is 15.9 Å². The Morgan fingerprint density at radius 3 is 2.33 bits per heavy atom. The van der Waals surface area contributed by atoms with E-state index in [2.05, 4.69) is 15.9 Å². The van der Waals surface area contributed by atoms with Gasteiger partial charge in [-0.3, -0.25) is 0 Å². The summed E-state index contributed by atoms with van der Waals surface area (Å²) < 4.78 is 0. The Kier molecular flexibility index (Phi) is 1.15. The van der Waals surface area contributed by atoms with Crippen LogP contribution >= 0.6 is 15.9 Å². The van der Waals surface area contributed by atoms with Gasteiger partial charge < -0.3 is 0 Å². The standard InChI is InChI=1S/C4H6BrO/c5-4-1-3(4)2-6/h3-4H,1-2H2. The second-order valence-electron chi connectivity index (χ2n) is 1.68. The zero-order valence-electron chi connectivity index (χ0n) is 3.36. The minimum atomic E-state index is 0.107. The van der Waals surface area contributed by atoms with Crippen LogP contribution in [0.4, 0.5) is 0 Å². The van der Waals surface area contributed by atoms with E-state index in [1.165, 1.54) is 0 Å². The van der Waals surface area contributed by atoms with Crippen LogP contribution in [0.25, 0.3) is 0 Å². The molecule has 1 radical (unpaired) electrons. The first kappa shape index (κ1) is 4.60. The van der Waals surface area contributed by atoms with Gasteiger partial charge in [-0.15, -0.1) is 0 Å². The van der Waals surface area contributed by atoms with Crippen LogP contribution in [0.3, 0.4) is 0 Å². The number of alkyl halides is 1. The molecule has 0 heterocycles. The molecule has 35 valence electrons. The van der Waals surface area contributed by atoms with Crippen LogP contribution in [0, 0.1) is 5.92 Å². The summed E-state index contributed by atoms with van der Waals surface area (Å²) in [6.07, 6.45) is 1.10. The zero-order valence-corrected chi connectivity index (χ0v) is 4.94. The fraction of sp³-hybridized carbons (Fsp3) is 1.00. The van der Waals surface area contributed by atoms with Crippen LogP contribution in [0.1, 0.15) is 6.42 Å². The van der Waals surface area contributed by atoms with Crippen LogP contribution in [0.2, 0.25) is 0 Å². The maximum atomic E-state index is 9.87. The van der Waals surface area contributed by atoms with Crippen LogP contribution in [0.15, 0.2) is 0 Å². The summed E-state index contributed by atoms with van der Waals surface area (Å²) in [5, 5.41) is 9.87. The first-order chi connectivity index (χ1) is 2.84. The third kappa shape index (κ3) is 0.738. The van der Waals surface area contributed by atoms with Gasteiger partial charge in [0, 0.05) is 4.83 Å². The molecule has 0 spiro atoms. The van der Waals surface area contributed by atoms with Crippen LogP contribution < -0.4 is 0 Å². The van der Waals surface area contributed by atoms with Crippen molar-refractivity contribution < 1.29 is 5.11 Å². The van der Waals surface area contributed by atoms with Crippen molar-refractivity contribution in [2.75, 3.05) is 6.61 Å².